The van der Waals surface area contributed by atoms with Gasteiger partial charge in [0.05, 0.1) is 11.2 Å². The highest BCUT2D eigenvalue weighted by Gasteiger charge is 2.18. The average molecular weight is 454 g/mol. The molecule has 2 heterocycles. The number of amides is 1. The highest BCUT2D eigenvalue weighted by molar-refractivity contribution is 7.17. The van der Waals surface area contributed by atoms with Crippen molar-refractivity contribution < 1.29 is 9.59 Å². The topological polar surface area (TPSA) is 90.2 Å². The minimum atomic E-state index is -0.647. The molecule has 156 valence electrons. The number of rotatable bonds is 5. The summed E-state index contributed by atoms with van der Waals surface area (Å²) in [7, 11) is 0. The molecule has 4 rings (SSSR count). The molecule has 0 spiro atoms. The molecule has 0 saturated heterocycles. The van der Waals surface area contributed by atoms with E-state index in [2.05, 4.69) is 5.32 Å². The van der Waals surface area contributed by atoms with Crippen LogP contribution in [0.4, 0.5) is 5.69 Å². The molecule has 0 aliphatic carbocycles. The highest BCUT2D eigenvalue weighted by Crippen LogP contribution is 2.18. The predicted octanol–water partition coefficient (Wildman–Crippen LogP) is 3.71. The number of nitrogens with one attached hydrogen (secondary N) is 1. The van der Waals surface area contributed by atoms with Gasteiger partial charge < -0.3 is 5.32 Å². The summed E-state index contributed by atoms with van der Waals surface area (Å²) in [5.74, 6) is -0.590. The SMILES string of the molecule is CC(=O)c1cccc(NC(=O)Cn2c(=O)n(-c3cccc(Cl)c3)c(=O)c3sccc32)c1. The standard InChI is InChI=1S/C22H16ClN3O4S/c1-13(27)14-4-2-6-16(10-14)24-19(28)12-25-18-8-9-31-20(18)21(29)26(22(25)30)17-7-3-5-15(23)11-17/h2-11H,12H2,1H3,(H,24,28). The molecule has 2 aromatic carbocycles. The van der Waals surface area contributed by atoms with E-state index in [0.717, 1.165) is 4.57 Å². The minimum Gasteiger partial charge on any atom is -0.325 e. The largest absolute Gasteiger partial charge is 0.336 e. The zero-order valence-corrected chi connectivity index (χ0v) is 17.9. The van der Waals surface area contributed by atoms with E-state index >= 15 is 0 Å². The second-order valence-electron chi connectivity index (χ2n) is 6.81. The molecule has 0 atom stereocenters. The average Bonchev–Trinajstić information content (AvgIpc) is 3.22. The Kier molecular flexibility index (Phi) is 5.58. The number of Topliss-reactive ketones (excluding diaryl/α,β-unsaturated/α-hetero) is 1. The van der Waals surface area contributed by atoms with Gasteiger partial charge in [-0.15, -0.1) is 11.3 Å². The zero-order chi connectivity index (χ0) is 22.1. The number of halogens is 1. The Bertz CT molecular complexity index is 1450. The number of anilines is 1. The van der Waals surface area contributed by atoms with Crippen LogP contribution >= 0.6 is 22.9 Å². The van der Waals surface area contributed by atoms with Crippen molar-refractivity contribution in [3.8, 4) is 5.69 Å². The van der Waals surface area contributed by atoms with Gasteiger partial charge in [-0.3, -0.25) is 19.0 Å². The molecule has 2 aromatic heterocycles. The molecule has 7 nitrogen and oxygen atoms in total. The van der Waals surface area contributed by atoms with E-state index < -0.39 is 17.2 Å². The predicted molar refractivity (Wildman–Crippen MR) is 122 cm³/mol. The number of benzene rings is 2. The lowest BCUT2D eigenvalue weighted by molar-refractivity contribution is -0.116. The van der Waals surface area contributed by atoms with Gasteiger partial charge in [-0.2, -0.15) is 0 Å². The van der Waals surface area contributed by atoms with Gasteiger partial charge in [0, 0.05) is 16.3 Å². The first-order chi connectivity index (χ1) is 14.8. The lowest BCUT2D eigenvalue weighted by Gasteiger charge is -2.13. The Labute approximate surface area is 185 Å². The van der Waals surface area contributed by atoms with E-state index in [0.29, 0.717) is 32.2 Å². The zero-order valence-electron chi connectivity index (χ0n) is 16.3. The van der Waals surface area contributed by atoms with Crippen molar-refractivity contribution in [3.05, 3.63) is 91.4 Å². The number of thiophene rings is 1. The van der Waals surface area contributed by atoms with Gasteiger partial charge in [0.1, 0.15) is 11.2 Å². The van der Waals surface area contributed by atoms with E-state index in [9.17, 15) is 19.2 Å². The van der Waals surface area contributed by atoms with Gasteiger partial charge in [-0.05, 0) is 48.7 Å². The monoisotopic (exact) mass is 453 g/mol. The van der Waals surface area contributed by atoms with E-state index in [-0.39, 0.29) is 12.3 Å². The molecule has 1 amide bonds. The summed E-state index contributed by atoms with van der Waals surface area (Å²) >= 11 is 7.23. The summed E-state index contributed by atoms with van der Waals surface area (Å²) in [6.07, 6.45) is 0. The lowest BCUT2D eigenvalue weighted by Crippen LogP contribution is -2.40. The van der Waals surface area contributed by atoms with E-state index in [1.807, 2.05) is 0 Å². The third-order valence-electron chi connectivity index (χ3n) is 4.68. The molecule has 0 aliphatic heterocycles. The quantitative estimate of drug-likeness (QED) is 0.466. The Hall–Kier alpha value is -3.49. The van der Waals surface area contributed by atoms with Crippen molar-refractivity contribution in [1.82, 2.24) is 9.13 Å². The van der Waals surface area contributed by atoms with E-state index in [1.165, 1.54) is 28.9 Å². The minimum absolute atomic E-state index is 0.124. The van der Waals surface area contributed by atoms with Crippen molar-refractivity contribution in [2.75, 3.05) is 5.32 Å². The summed E-state index contributed by atoms with van der Waals surface area (Å²) < 4.78 is 2.61. The fourth-order valence-corrected chi connectivity index (χ4v) is 4.25. The van der Waals surface area contributed by atoms with Crippen molar-refractivity contribution in [3.63, 3.8) is 0 Å². The van der Waals surface area contributed by atoms with Crippen LogP contribution in [-0.2, 0) is 11.3 Å². The van der Waals surface area contributed by atoms with Gasteiger partial charge in [-0.25, -0.2) is 9.36 Å². The van der Waals surface area contributed by atoms with Crippen LogP contribution in [0.25, 0.3) is 15.9 Å². The van der Waals surface area contributed by atoms with Crippen LogP contribution in [0, 0.1) is 0 Å². The van der Waals surface area contributed by atoms with Crippen LogP contribution in [0.2, 0.25) is 5.02 Å². The number of carbonyl (C=O) groups excluding carboxylic acids is 2. The molecular weight excluding hydrogens is 438 g/mol. The number of ketones is 1. The van der Waals surface area contributed by atoms with Crippen LogP contribution in [0.5, 0.6) is 0 Å². The summed E-state index contributed by atoms with van der Waals surface area (Å²) in [5, 5.41) is 4.77. The maximum absolute atomic E-state index is 13.2. The Morgan fingerprint density at radius 2 is 1.84 bits per heavy atom. The Morgan fingerprint density at radius 3 is 2.58 bits per heavy atom. The second-order valence-corrected chi connectivity index (χ2v) is 8.16. The summed E-state index contributed by atoms with van der Waals surface area (Å²) in [4.78, 5) is 50.4. The third kappa shape index (κ3) is 4.08. The van der Waals surface area contributed by atoms with Crippen LogP contribution in [0.1, 0.15) is 17.3 Å². The maximum Gasteiger partial charge on any atom is 0.336 e. The molecule has 0 unspecified atom stereocenters. The summed E-state index contributed by atoms with van der Waals surface area (Å²) in [5.41, 5.74) is 0.487. The third-order valence-corrected chi connectivity index (χ3v) is 5.80. The first-order valence-electron chi connectivity index (χ1n) is 9.25. The molecular formula is C22H16ClN3O4S. The van der Waals surface area contributed by atoms with Crippen LogP contribution < -0.4 is 16.6 Å². The molecule has 4 aromatic rings. The van der Waals surface area contributed by atoms with Gasteiger partial charge in [0.2, 0.25) is 5.91 Å². The van der Waals surface area contributed by atoms with Gasteiger partial charge in [-0.1, -0.05) is 29.8 Å². The molecule has 0 saturated carbocycles. The number of carbonyl (C=O) groups is 2. The normalized spacial score (nSPS) is 10.9. The molecule has 9 heteroatoms. The maximum atomic E-state index is 13.2. The summed E-state index contributed by atoms with van der Waals surface area (Å²) in [6.45, 7) is 1.13. The molecule has 0 radical (unpaired) electrons. The Morgan fingerprint density at radius 1 is 1.06 bits per heavy atom. The molecule has 0 aliphatic rings. The van der Waals surface area contributed by atoms with Gasteiger partial charge in [0.15, 0.2) is 5.78 Å². The number of hydrogen-bond acceptors (Lipinski definition) is 5. The number of hydrogen-bond donors (Lipinski definition) is 1. The van der Waals surface area contributed by atoms with Gasteiger partial charge >= 0.3 is 5.69 Å². The number of fused-ring (bicyclic) bond motifs is 1. The molecule has 1 N–H and O–H groups in total. The van der Waals surface area contributed by atoms with Crippen molar-refractivity contribution in [2.24, 2.45) is 0 Å². The summed E-state index contributed by atoms with van der Waals surface area (Å²) in [6, 6.07) is 14.6. The van der Waals surface area contributed by atoms with Crippen LogP contribution in [0.3, 0.4) is 0 Å². The first kappa shape index (κ1) is 20.8. The fourth-order valence-electron chi connectivity index (χ4n) is 3.24. The first-order valence-corrected chi connectivity index (χ1v) is 10.5. The lowest BCUT2D eigenvalue weighted by atomic mass is 10.1. The number of nitrogens with zero attached hydrogens (tertiary/aromatic N) is 2. The second kappa shape index (κ2) is 8.33. The van der Waals surface area contributed by atoms with Crippen molar-refractivity contribution >= 4 is 50.5 Å². The molecule has 0 fully saturated rings. The van der Waals surface area contributed by atoms with E-state index in [4.69, 9.17) is 11.6 Å². The number of aromatic nitrogens is 2. The van der Waals surface area contributed by atoms with Crippen LogP contribution in [0.15, 0.2) is 69.6 Å². The smallest absolute Gasteiger partial charge is 0.325 e. The van der Waals surface area contributed by atoms with Crippen molar-refractivity contribution in [2.45, 2.75) is 13.5 Å². The van der Waals surface area contributed by atoms with E-state index in [1.54, 1.807) is 53.9 Å². The van der Waals surface area contributed by atoms with Gasteiger partial charge in [0.25, 0.3) is 5.56 Å². The highest BCUT2D eigenvalue weighted by atomic mass is 35.5. The molecule has 0 bridgehead atoms. The Balaban J connectivity index is 1.76. The molecule has 31 heavy (non-hydrogen) atoms. The van der Waals surface area contributed by atoms with Crippen LogP contribution in [-0.4, -0.2) is 20.8 Å². The van der Waals surface area contributed by atoms with Crippen molar-refractivity contribution in [1.29, 1.82) is 0 Å². The fraction of sp³-hybridized carbons (Fsp3) is 0.0909.